The minimum absolute atomic E-state index is 0.242. The summed E-state index contributed by atoms with van der Waals surface area (Å²) in [6.07, 6.45) is 3.51. The van der Waals surface area contributed by atoms with E-state index in [4.69, 9.17) is 9.84 Å². The van der Waals surface area contributed by atoms with Crippen molar-refractivity contribution >= 4 is 11.8 Å². The quantitative estimate of drug-likeness (QED) is 0.856. The maximum atomic E-state index is 10.6. The smallest absolute Gasteiger partial charge is 0.303 e. The van der Waals surface area contributed by atoms with Crippen LogP contribution < -0.4 is 9.64 Å². The standard InChI is InChI=1S/C14H21N3O3/c1-3-20-14-10(2)13(15-9-16-14)17-7-6-11(8-17)4-5-12(18)19/h9,11H,3-8H2,1-2H3,(H,18,19). The highest BCUT2D eigenvalue weighted by Gasteiger charge is 2.25. The Morgan fingerprint density at radius 2 is 2.35 bits per heavy atom. The molecule has 1 aliphatic heterocycles. The molecular weight excluding hydrogens is 258 g/mol. The van der Waals surface area contributed by atoms with Gasteiger partial charge in [0.2, 0.25) is 5.88 Å². The number of hydrogen-bond donors (Lipinski definition) is 1. The van der Waals surface area contributed by atoms with Gasteiger partial charge in [-0.2, -0.15) is 0 Å². The van der Waals surface area contributed by atoms with Crippen LogP contribution in [0.3, 0.4) is 0 Å². The van der Waals surface area contributed by atoms with E-state index >= 15 is 0 Å². The number of carboxylic acids is 1. The molecule has 2 heterocycles. The lowest BCUT2D eigenvalue weighted by molar-refractivity contribution is -0.137. The summed E-state index contributed by atoms with van der Waals surface area (Å²) in [6, 6.07) is 0. The van der Waals surface area contributed by atoms with E-state index in [2.05, 4.69) is 14.9 Å². The van der Waals surface area contributed by atoms with Crippen LogP contribution in [0.4, 0.5) is 5.82 Å². The van der Waals surface area contributed by atoms with Crippen molar-refractivity contribution in [2.45, 2.75) is 33.1 Å². The number of carboxylic acid groups (broad SMARTS) is 1. The van der Waals surface area contributed by atoms with Crippen molar-refractivity contribution in [3.8, 4) is 5.88 Å². The van der Waals surface area contributed by atoms with Gasteiger partial charge in [0.15, 0.2) is 0 Å². The van der Waals surface area contributed by atoms with E-state index < -0.39 is 5.97 Å². The molecular formula is C14H21N3O3. The summed E-state index contributed by atoms with van der Waals surface area (Å²) in [4.78, 5) is 21.3. The number of anilines is 1. The summed E-state index contributed by atoms with van der Waals surface area (Å²) in [7, 11) is 0. The lowest BCUT2D eigenvalue weighted by Crippen LogP contribution is -2.22. The minimum atomic E-state index is -0.722. The molecule has 1 atom stereocenters. The number of aliphatic carboxylic acids is 1. The molecule has 6 nitrogen and oxygen atoms in total. The molecule has 110 valence electrons. The molecule has 0 aliphatic carbocycles. The summed E-state index contributed by atoms with van der Waals surface area (Å²) in [5, 5.41) is 8.75. The zero-order valence-corrected chi connectivity index (χ0v) is 12.0. The first-order valence-electron chi connectivity index (χ1n) is 7.03. The number of aromatic nitrogens is 2. The summed E-state index contributed by atoms with van der Waals surface area (Å²) in [6.45, 7) is 6.24. The van der Waals surface area contributed by atoms with Crippen molar-refractivity contribution in [1.82, 2.24) is 9.97 Å². The molecule has 1 aliphatic rings. The summed E-state index contributed by atoms with van der Waals surface area (Å²) in [5.74, 6) is 1.24. The average molecular weight is 279 g/mol. The van der Waals surface area contributed by atoms with Crippen LogP contribution in [0.1, 0.15) is 31.7 Å². The van der Waals surface area contributed by atoms with Crippen LogP contribution in [0.15, 0.2) is 6.33 Å². The number of hydrogen-bond acceptors (Lipinski definition) is 5. The number of ether oxygens (including phenoxy) is 1. The monoisotopic (exact) mass is 279 g/mol. The van der Waals surface area contributed by atoms with Gasteiger partial charge in [0, 0.05) is 19.5 Å². The number of rotatable bonds is 6. The highest BCUT2D eigenvalue weighted by atomic mass is 16.5. The number of nitrogens with zero attached hydrogens (tertiary/aromatic N) is 3. The van der Waals surface area contributed by atoms with Gasteiger partial charge in [0.1, 0.15) is 12.1 Å². The van der Waals surface area contributed by atoms with E-state index in [9.17, 15) is 4.79 Å². The van der Waals surface area contributed by atoms with Crippen LogP contribution >= 0.6 is 0 Å². The van der Waals surface area contributed by atoms with Gasteiger partial charge in [-0.15, -0.1) is 0 Å². The maximum Gasteiger partial charge on any atom is 0.303 e. The maximum absolute atomic E-state index is 10.6. The second-order valence-electron chi connectivity index (χ2n) is 5.09. The molecule has 6 heteroatoms. The van der Waals surface area contributed by atoms with Crippen molar-refractivity contribution in [2.24, 2.45) is 5.92 Å². The minimum Gasteiger partial charge on any atom is -0.481 e. The van der Waals surface area contributed by atoms with Crippen LogP contribution in [0, 0.1) is 12.8 Å². The fourth-order valence-corrected chi connectivity index (χ4v) is 2.61. The Labute approximate surface area is 118 Å². The Kier molecular flexibility index (Phi) is 4.76. The van der Waals surface area contributed by atoms with Gasteiger partial charge in [-0.05, 0) is 32.6 Å². The molecule has 1 N–H and O–H groups in total. The molecule has 1 saturated heterocycles. The summed E-state index contributed by atoms with van der Waals surface area (Å²) < 4.78 is 5.49. The van der Waals surface area contributed by atoms with Gasteiger partial charge in [0.05, 0.1) is 12.2 Å². The van der Waals surface area contributed by atoms with Gasteiger partial charge in [-0.25, -0.2) is 9.97 Å². The second-order valence-corrected chi connectivity index (χ2v) is 5.09. The highest BCUT2D eigenvalue weighted by molar-refractivity contribution is 5.66. The van der Waals surface area contributed by atoms with Gasteiger partial charge in [-0.1, -0.05) is 0 Å². The topological polar surface area (TPSA) is 75.6 Å². The third-order valence-electron chi connectivity index (χ3n) is 3.64. The van der Waals surface area contributed by atoms with Gasteiger partial charge in [0.25, 0.3) is 0 Å². The molecule has 2 rings (SSSR count). The molecule has 0 aromatic carbocycles. The van der Waals surface area contributed by atoms with E-state index in [1.165, 1.54) is 6.33 Å². The molecule has 0 saturated carbocycles. The predicted octanol–water partition coefficient (Wildman–Crippen LogP) is 1.87. The molecule has 1 aromatic rings. The van der Waals surface area contributed by atoms with Crippen LogP contribution in [0.25, 0.3) is 0 Å². The molecule has 0 spiro atoms. The molecule has 1 aromatic heterocycles. The zero-order valence-electron chi connectivity index (χ0n) is 12.0. The van der Waals surface area contributed by atoms with Crippen LogP contribution in [0.2, 0.25) is 0 Å². The average Bonchev–Trinajstić information content (AvgIpc) is 2.88. The largest absolute Gasteiger partial charge is 0.481 e. The first kappa shape index (κ1) is 14.6. The van der Waals surface area contributed by atoms with E-state index in [1.54, 1.807) is 0 Å². The lowest BCUT2D eigenvalue weighted by atomic mass is 10.0. The SMILES string of the molecule is CCOc1ncnc(N2CCC(CCC(=O)O)C2)c1C. The fourth-order valence-electron chi connectivity index (χ4n) is 2.61. The second kappa shape index (κ2) is 6.54. The van der Waals surface area contributed by atoms with Crippen molar-refractivity contribution < 1.29 is 14.6 Å². The van der Waals surface area contributed by atoms with E-state index in [-0.39, 0.29) is 6.42 Å². The summed E-state index contributed by atoms with van der Waals surface area (Å²) >= 11 is 0. The zero-order chi connectivity index (χ0) is 14.5. The fraction of sp³-hybridized carbons (Fsp3) is 0.643. The Morgan fingerprint density at radius 1 is 1.55 bits per heavy atom. The van der Waals surface area contributed by atoms with Crippen LogP contribution in [0.5, 0.6) is 5.88 Å². The lowest BCUT2D eigenvalue weighted by Gasteiger charge is -2.20. The van der Waals surface area contributed by atoms with Crippen molar-refractivity contribution in [2.75, 3.05) is 24.6 Å². The van der Waals surface area contributed by atoms with Gasteiger partial charge in [-0.3, -0.25) is 4.79 Å². The Hall–Kier alpha value is -1.85. The molecule has 1 unspecified atom stereocenters. The van der Waals surface area contributed by atoms with Crippen molar-refractivity contribution in [3.63, 3.8) is 0 Å². The molecule has 0 radical (unpaired) electrons. The molecule has 0 amide bonds. The molecule has 1 fully saturated rings. The van der Waals surface area contributed by atoms with Gasteiger partial charge >= 0.3 is 5.97 Å². The number of carbonyl (C=O) groups is 1. The van der Waals surface area contributed by atoms with E-state index in [1.807, 2.05) is 13.8 Å². The van der Waals surface area contributed by atoms with Crippen molar-refractivity contribution in [3.05, 3.63) is 11.9 Å². The molecule has 0 bridgehead atoms. The highest BCUT2D eigenvalue weighted by Crippen LogP contribution is 2.30. The van der Waals surface area contributed by atoms with Crippen molar-refractivity contribution in [1.29, 1.82) is 0 Å². The Morgan fingerprint density at radius 3 is 3.05 bits per heavy atom. The molecule has 20 heavy (non-hydrogen) atoms. The predicted molar refractivity (Wildman–Crippen MR) is 75.1 cm³/mol. The third kappa shape index (κ3) is 3.37. The van der Waals surface area contributed by atoms with Crippen LogP contribution in [-0.4, -0.2) is 40.7 Å². The third-order valence-corrected chi connectivity index (χ3v) is 3.64. The van der Waals surface area contributed by atoms with Crippen LogP contribution in [-0.2, 0) is 4.79 Å². The van der Waals surface area contributed by atoms with E-state index in [0.717, 1.165) is 37.3 Å². The normalized spacial score (nSPS) is 18.3. The summed E-state index contributed by atoms with van der Waals surface area (Å²) in [5.41, 5.74) is 0.952. The Balaban J connectivity index is 2.02. The first-order valence-corrected chi connectivity index (χ1v) is 7.03. The first-order chi connectivity index (χ1) is 9.61. The Bertz CT molecular complexity index is 479. The van der Waals surface area contributed by atoms with Gasteiger partial charge < -0.3 is 14.7 Å². The van der Waals surface area contributed by atoms with E-state index in [0.29, 0.717) is 18.4 Å².